The molecule has 0 radical (unpaired) electrons. The van der Waals surface area contributed by atoms with Gasteiger partial charge in [0.15, 0.2) is 0 Å². The molecule has 3 heterocycles. The zero-order valence-electron chi connectivity index (χ0n) is 16.3. The summed E-state index contributed by atoms with van der Waals surface area (Å²) >= 11 is 0. The van der Waals surface area contributed by atoms with Gasteiger partial charge in [-0.3, -0.25) is 4.79 Å². The number of aromatic nitrogens is 2. The van der Waals surface area contributed by atoms with E-state index < -0.39 is 0 Å². The maximum atomic E-state index is 13.5. The Hall–Kier alpha value is -2.46. The highest BCUT2D eigenvalue weighted by atomic mass is 16.1. The molecule has 0 aliphatic carbocycles. The highest BCUT2D eigenvalue weighted by Crippen LogP contribution is 2.32. The lowest BCUT2D eigenvalue weighted by molar-refractivity contribution is 0.0520. The van der Waals surface area contributed by atoms with Gasteiger partial charge in [0.05, 0.1) is 11.0 Å². The molecule has 2 aliphatic heterocycles. The molecule has 1 unspecified atom stereocenters. The predicted molar refractivity (Wildman–Crippen MR) is 113 cm³/mol. The lowest BCUT2D eigenvalue weighted by Crippen LogP contribution is -2.49. The van der Waals surface area contributed by atoms with E-state index in [0.29, 0.717) is 17.7 Å². The summed E-state index contributed by atoms with van der Waals surface area (Å²) in [5, 5.41) is 0. The number of hydrogen-bond donors (Lipinski definition) is 0. The largest absolute Gasteiger partial charge is 0.305 e. The molecule has 0 bridgehead atoms. The van der Waals surface area contributed by atoms with Crippen molar-refractivity contribution in [2.75, 3.05) is 13.1 Å². The highest BCUT2D eigenvalue weighted by Gasteiger charge is 2.33. The molecule has 144 valence electrons. The smallest absolute Gasteiger partial charge is 0.277 e. The van der Waals surface area contributed by atoms with Crippen molar-refractivity contribution in [3.63, 3.8) is 0 Å². The Morgan fingerprint density at radius 2 is 1.68 bits per heavy atom. The minimum absolute atomic E-state index is 0.0397. The van der Waals surface area contributed by atoms with Gasteiger partial charge in [0.1, 0.15) is 5.69 Å². The Morgan fingerprint density at radius 1 is 0.893 bits per heavy atom. The fourth-order valence-corrected chi connectivity index (χ4v) is 5.18. The van der Waals surface area contributed by atoms with Gasteiger partial charge in [-0.15, -0.1) is 0 Å². The molecule has 28 heavy (non-hydrogen) atoms. The van der Waals surface area contributed by atoms with E-state index >= 15 is 0 Å². The van der Waals surface area contributed by atoms with Crippen LogP contribution < -0.4 is 5.56 Å². The maximum Gasteiger partial charge on any atom is 0.277 e. The van der Waals surface area contributed by atoms with E-state index in [-0.39, 0.29) is 5.56 Å². The average Bonchev–Trinajstić information content (AvgIpc) is 2.76. The van der Waals surface area contributed by atoms with Crippen molar-refractivity contribution in [3.05, 3.63) is 65.0 Å². The lowest BCUT2D eigenvalue weighted by Gasteiger charge is -2.44. The van der Waals surface area contributed by atoms with Crippen LogP contribution in [-0.4, -0.2) is 33.6 Å². The van der Waals surface area contributed by atoms with E-state index in [1.165, 1.54) is 45.2 Å². The normalized spacial score (nSPS) is 22.9. The Kier molecular flexibility index (Phi) is 4.73. The fraction of sp³-hybridized carbons (Fsp3) is 0.417. The van der Waals surface area contributed by atoms with Crippen molar-refractivity contribution in [2.45, 2.75) is 44.7 Å². The zero-order valence-corrected chi connectivity index (χ0v) is 16.3. The Bertz CT molecular complexity index is 1020. The molecule has 4 nitrogen and oxygen atoms in total. The van der Waals surface area contributed by atoms with Crippen LogP contribution in [0.25, 0.3) is 22.3 Å². The van der Waals surface area contributed by atoms with Gasteiger partial charge >= 0.3 is 0 Å². The summed E-state index contributed by atoms with van der Waals surface area (Å²) in [6, 6.07) is 18.6. The molecular weight excluding hydrogens is 346 g/mol. The number of hydrogen-bond acceptors (Lipinski definition) is 3. The van der Waals surface area contributed by atoms with E-state index in [4.69, 9.17) is 4.98 Å². The number of para-hydroxylation sites is 2. The molecule has 4 heteroatoms. The number of piperidine rings is 2. The predicted octanol–water partition coefficient (Wildman–Crippen LogP) is 4.33. The summed E-state index contributed by atoms with van der Waals surface area (Å²) in [6.07, 6.45) is 6.36. The van der Waals surface area contributed by atoms with Gasteiger partial charge in [-0.25, -0.2) is 4.98 Å². The molecule has 0 spiro atoms. The van der Waals surface area contributed by atoms with Gasteiger partial charge in [0.25, 0.3) is 5.56 Å². The van der Waals surface area contributed by atoms with Crippen molar-refractivity contribution >= 4 is 11.0 Å². The molecule has 0 N–H and O–H groups in total. The van der Waals surface area contributed by atoms with Crippen LogP contribution in [0.1, 0.15) is 32.1 Å². The summed E-state index contributed by atoms with van der Waals surface area (Å²) in [5.41, 5.74) is 3.36. The van der Waals surface area contributed by atoms with E-state index in [0.717, 1.165) is 23.1 Å². The van der Waals surface area contributed by atoms with Crippen LogP contribution in [0.3, 0.4) is 0 Å². The SMILES string of the molecule is O=c1c(-c2ccccc2)nc2ccccc2n1C[C@H]1CCCN2CCCCC12. The van der Waals surface area contributed by atoms with E-state index in [2.05, 4.69) is 4.90 Å². The molecule has 2 fully saturated rings. The van der Waals surface area contributed by atoms with Crippen LogP contribution in [0.5, 0.6) is 0 Å². The highest BCUT2D eigenvalue weighted by molar-refractivity contribution is 5.77. The minimum Gasteiger partial charge on any atom is -0.305 e. The summed E-state index contributed by atoms with van der Waals surface area (Å²) < 4.78 is 2.01. The van der Waals surface area contributed by atoms with Crippen LogP contribution in [0.4, 0.5) is 0 Å². The molecule has 0 amide bonds. The topological polar surface area (TPSA) is 38.1 Å². The molecule has 2 saturated heterocycles. The molecule has 2 aromatic carbocycles. The van der Waals surface area contributed by atoms with E-state index in [9.17, 15) is 4.79 Å². The fourth-order valence-electron chi connectivity index (χ4n) is 5.18. The maximum absolute atomic E-state index is 13.5. The second-order valence-electron chi connectivity index (χ2n) is 8.23. The first-order valence-electron chi connectivity index (χ1n) is 10.6. The second kappa shape index (κ2) is 7.51. The molecule has 1 aromatic heterocycles. The molecule has 2 aliphatic rings. The van der Waals surface area contributed by atoms with Crippen molar-refractivity contribution in [1.29, 1.82) is 0 Å². The number of fused-ring (bicyclic) bond motifs is 2. The monoisotopic (exact) mass is 373 g/mol. The first-order chi connectivity index (χ1) is 13.8. The quantitative estimate of drug-likeness (QED) is 0.686. The Labute approximate surface area is 165 Å². The van der Waals surface area contributed by atoms with Crippen LogP contribution in [0.2, 0.25) is 0 Å². The standard InChI is InChI=1S/C24H27N3O/c28-24-23(18-9-2-1-3-10-18)25-20-12-4-5-14-22(20)27(24)17-19-11-8-16-26-15-7-6-13-21(19)26/h1-5,9-10,12,14,19,21H,6-8,11,13,15-17H2/t19-,21?/m1/s1. The third-order valence-electron chi connectivity index (χ3n) is 6.55. The van der Waals surface area contributed by atoms with Crippen molar-refractivity contribution in [3.8, 4) is 11.3 Å². The van der Waals surface area contributed by atoms with Crippen molar-refractivity contribution in [2.24, 2.45) is 5.92 Å². The molecule has 3 aromatic rings. The van der Waals surface area contributed by atoms with Crippen LogP contribution in [-0.2, 0) is 6.54 Å². The minimum atomic E-state index is 0.0397. The summed E-state index contributed by atoms with van der Waals surface area (Å²) in [4.78, 5) is 20.9. The zero-order chi connectivity index (χ0) is 18.9. The first kappa shape index (κ1) is 17.6. The molecule has 0 saturated carbocycles. The van der Waals surface area contributed by atoms with Crippen molar-refractivity contribution < 1.29 is 0 Å². The van der Waals surface area contributed by atoms with Gasteiger partial charge in [-0.2, -0.15) is 0 Å². The van der Waals surface area contributed by atoms with Gasteiger partial charge in [0, 0.05) is 18.2 Å². The summed E-state index contributed by atoms with van der Waals surface area (Å²) in [7, 11) is 0. The molecular formula is C24H27N3O. The second-order valence-corrected chi connectivity index (χ2v) is 8.23. The van der Waals surface area contributed by atoms with Crippen molar-refractivity contribution in [1.82, 2.24) is 14.5 Å². The van der Waals surface area contributed by atoms with Gasteiger partial charge < -0.3 is 9.47 Å². The third-order valence-corrected chi connectivity index (χ3v) is 6.55. The van der Waals surface area contributed by atoms with Gasteiger partial charge in [-0.05, 0) is 56.8 Å². The summed E-state index contributed by atoms with van der Waals surface area (Å²) in [6.45, 7) is 3.24. The van der Waals surface area contributed by atoms with Crippen LogP contribution in [0.15, 0.2) is 59.4 Å². The number of rotatable bonds is 3. The van der Waals surface area contributed by atoms with E-state index in [1.54, 1.807) is 0 Å². The first-order valence-corrected chi connectivity index (χ1v) is 10.6. The van der Waals surface area contributed by atoms with Crippen LogP contribution >= 0.6 is 0 Å². The number of benzene rings is 2. The summed E-state index contributed by atoms with van der Waals surface area (Å²) in [5.74, 6) is 0.543. The van der Waals surface area contributed by atoms with E-state index in [1.807, 2.05) is 59.2 Å². The molecule has 2 atom stereocenters. The third kappa shape index (κ3) is 3.16. The van der Waals surface area contributed by atoms with Crippen LogP contribution in [0, 0.1) is 5.92 Å². The lowest BCUT2D eigenvalue weighted by atomic mass is 9.83. The van der Waals surface area contributed by atoms with Gasteiger partial charge in [-0.1, -0.05) is 48.9 Å². The Balaban J connectivity index is 1.60. The van der Waals surface area contributed by atoms with Gasteiger partial charge in [0.2, 0.25) is 0 Å². The molecule has 5 rings (SSSR count). The Morgan fingerprint density at radius 3 is 2.57 bits per heavy atom. The number of nitrogens with zero attached hydrogens (tertiary/aromatic N) is 3. The average molecular weight is 374 g/mol.